The van der Waals surface area contributed by atoms with Crippen LogP contribution in [0, 0.1) is 0 Å². The zero-order chi connectivity index (χ0) is 16.1. The van der Waals surface area contributed by atoms with Gasteiger partial charge in [0.05, 0.1) is 20.6 Å². The molecule has 1 N–H and O–H groups in total. The number of hydrogen-bond acceptors (Lipinski definition) is 3. The van der Waals surface area contributed by atoms with Gasteiger partial charge >= 0.3 is 0 Å². The van der Waals surface area contributed by atoms with Gasteiger partial charge in [-0.1, -0.05) is 6.58 Å². The lowest BCUT2D eigenvalue weighted by atomic mass is 9.97. The van der Waals surface area contributed by atoms with Crippen LogP contribution >= 0.6 is 0 Å². The molecule has 1 rings (SSSR count). The Morgan fingerprint density at radius 3 is 2.38 bits per heavy atom. The molecule has 0 heterocycles. The molecule has 1 aromatic carbocycles. The summed E-state index contributed by atoms with van der Waals surface area (Å²) in [5.74, 6) is 0.429. The fourth-order valence-electron chi connectivity index (χ4n) is 1.91. The molecule has 0 aromatic heterocycles. The molecule has 4 heteroatoms. The van der Waals surface area contributed by atoms with E-state index in [1.54, 1.807) is 24.3 Å². The Morgan fingerprint density at radius 1 is 1.33 bits per heavy atom. The third kappa shape index (κ3) is 5.69. The lowest BCUT2D eigenvalue weighted by Crippen LogP contribution is -2.42. The Kier molecular flexibility index (Phi) is 5.70. The molecule has 0 amide bonds. The van der Waals surface area contributed by atoms with Crippen LogP contribution in [0.4, 0.5) is 0 Å². The number of benzene rings is 1. The second-order valence-electron chi connectivity index (χ2n) is 6.39. The Morgan fingerprint density at radius 2 is 1.90 bits per heavy atom. The number of likely N-dealkylation sites (N-methyl/N-ethyl adjacent to an activating group) is 1. The van der Waals surface area contributed by atoms with Gasteiger partial charge in [0.15, 0.2) is 5.78 Å². The summed E-state index contributed by atoms with van der Waals surface area (Å²) >= 11 is 0. The van der Waals surface area contributed by atoms with Gasteiger partial charge in [-0.25, -0.2) is 0 Å². The summed E-state index contributed by atoms with van der Waals surface area (Å²) in [6.45, 7) is 9.08. The number of ketones is 1. The molecule has 0 aliphatic carbocycles. The Labute approximate surface area is 127 Å². The van der Waals surface area contributed by atoms with Crippen LogP contribution in [0.2, 0.25) is 0 Å². The number of hydrogen-bond donors (Lipinski definition) is 1. The highest BCUT2D eigenvalue weighted by Gasteiger charge is 2.24. The SMILES string of the molecule is C=CC[N+](C)(C)CCOc1ccc(C(=O)C(C)(C)O)cc1. The van der Waals surface area contributed by atoms with Gasteiger partial charge in [-0.15, -0.1) is 0 Å². The van der Waals surface area contributed by atoms with Crippen LogP contribution < -0.4 is 4.74 Å². The van der Waals surface area contributed by atoms with Crippen molar-refractivity contribution in [2.75, 3.05) is 33.8 Å². The molecule has 0 bridgehead atoms. The Hall–Kier alpha value is -1.65. The van der Waals surface area contributed by atoms with Crippen molar-refractivity contribution in [1.29, 1.82) is 0 Å². The normalized spacial score (nSPS) is 12.0. The minimum atomic E-state index is -1.35. The maximum Gasteiger partial charge on any atom is 0.193 e. The summed E-state index contributed by atoms with van der Waals surface area (Å²) in [4.78, 5) is 11.9. The second-order valence-corrected chi connectivity index (χ2v) is 6.39. The van der Waals surface area contributed by atoms with Crippen molar-refractivity contribution in [3.05, 3.63) is 42.5 Å². The van der Waals surface area contributed by atoms with Gasteiger partial charge in [-0.05, 0) is 44.2 Å². The van der Waals surface area contributed by atoms with Crippen molar-refractivity contribution in [2.45, 2.75) is 19.4 Å². The van der Waals surface area contributed by atoms with E-state index >= 15 is 0 Å². The van der Waals surface area contributed by atoms with Gasteiger partial charge in [0.2, 0.25) is 0 Å². The number of aliphatic hydroxyl groups is 1. The van der Waals surface area contributed by atoms with E-state index in [4.69, 9.17) is 4.74 Å². The molecule has 21 heavy (non-hydrogen) atoms. The van der Waals surface area contributed by atoms with Gasteiger partial charge < -0.3 is 14.3 Å². The van der Waals surface area contributed by atoms with Crippen LogP contribution in [0.1, 0.15) is 24.2 Å². The molecule has 0 spiro atoms. The smallest absolute Gasteiger partial charge is 0.193 e. The molecule has 0 saturated carbocycles. The average molecular weight is 292 g/mol. The summed E-state index contributed by atoms with van der Waals surface area (Å²) in [5, 5.41) is 9.70. The molecule has 0 atom stereocenters. The van der Waals surface area contributed by atoms with Crippen LogP contribution in [-0.2, 0) is 0 Å². The predicted molar refractivity (Wildman–Crippen MR) is 84.6 cm³/mol. The summed E-state index contributed by atoms with van der Waals surface area (Å²) in [5.41, 5.74) is -0.869. The Bertz CT molecular complexity index is 484. The summed E-state index contributed by atoms with van der Waals surface area (Å²) in [6, 6.07) is 6.87. The number of nitrogens with zero attached hydrogens (tertiary/aromatic N) is 1. The third-order valence-corrected chi connectivity index (χ3v) is 3.26. The lowest BCUT2D eigenvalue weighted by molar-refractivity contribution is -0.884. The van der Waals surface area contributed by atoms with E-state index in [1.807, 2.05) is 6.08 Å². The maximum atomic E-state index is 11.9. The lowest BCUT2D eigenvalue weighted by Gasteiger charge is -2.28. The van der Waals surface area contributed by atoms with Gasteiger partial charge in [-0.3, -0.25) is 4.79 Å². The number of Topliss-reactive ketones (excluding diaryl/α,β-unsaturated/α-hetero) is 1. The first-order chi connectivity index (χ1) is 9.65. The van der Waals surface area contributed by atoms with Gasteiger partial charge in [0.1, 0.15) is 24.5 Å². The number of quaternary nitrogens is 1. The molecule has 0 fully saturated rings. The predicted octanol–water partition coefficient (Wildman–Crippen LogP) is 2.28. The molecular weight excluding hydrogens is 266 g/mol. The summed E-state index contributed by atoms with van der Waals surface area (Å²) < 4.78 is 6.50. The van der Waals surface area contributed by atoms with Crippen molar-refractivity contribution in [3.8, 4) is 5.75 Å². The molecule has 116 valence electrons. The van der Waals surface area contributed by atoms with Gasteiger partial charge in [0, 0.05) is 5.56 Å². The van der Waals surface area contributed by atoms with E-state index in [9.17, 15) is 9.90 Å². The minimum absolute atomic E-state index is 0.294. The number of rotatable bonds is 8. The van der Waals surface area contributed by atoms with E-state index in [0.717, 1.165) is 23.3 Å². The molecular formula is C17H26NO3+. The van der Waals surface area contributed by atoms with E-state index < -0.39 is 5.60 Å². The second kappa shape index (κ2) is 6.87. The number of carbonyl (C=O) groups is 1. The van der Waals surface area contributed by atoms with E-state index in [-0.39, 0.29) is 5.78 Å². The number of carbonyl (C=O) groups excluding carboxylic acids is 1. The van der Waals surface area contributed by atoms with Crippen molar-refractivity contribution < 1.29 is 19.1 Å². The average Bonchev–Trinajstić information content (AvgIpc) is 2.37. The fourth-order valence-corrected chi connectivity index (χ4v) is 1.91. The quantitative estimate of drug-likeness (QED) is 0.454. The maximum absolute atomic E-state index is 11.9. The fraction of sp³-hybridized carbons (Fsp3) is 0.471. The van der Waals surface area contributed by atoms with Crippen LogP contribution in [-0.4, -0.2) is 54.8 Å². The third-order valence-electron chi connectivity index (χ3n) is 3.26. The number of ether oxygens (including phenoxy) is 1. The molecule has 1 aromatic rings. The minimum Gasteiger partial charge on any atom is -0.488 e. The first kappa shape index (κ1) is 17.4. The monoisotopic (exact) mass is 292 g/mol. The van der Waals surface area contributed by atoms with E-state index in [0.29, 0.717) is 12.2 Å². The van der Waals surface area contributed by atoms with Crippen molar-refractivity contribution in [1.82, 2.24) is 0 Å². The van der Waals surface area contributed by atoms with Gasteiger partial charge in [0.25, 0.3) is 0 Å². The van der Waals surface area contributed by atoms with Crippen LogP contribution in [0.5, 0.6) is 5.75 Å². The van der Waals surface area contributed by atoms with Crippen molar-refractivity contribution >= 4 is 5.78 Å². The zero-order valence-electron chi connectivity index (χ0n) is 13.4. The molecule has 0 radical (unpaired) electrons. The molecule has 0 unspecified atom stereocenters. The van der Waals surface area contributed by atoms with E-state index in [2.05, 4.69) is 20.7 Å². The molecule has 0 aliphatic rings. The summed E-state index contributed by atoms with van der Waals surface area (Å²) in [6.07, 6.45) is 1.90. The zero-order valence-corrected chi connectivity index (χ0v) is 13.4. The molecule has 4 nitrogen and oxygen atoms in total. The molecule has 0 saturated heterocycles. The molecule has 0 aliphatic heterocycles. The van der Waals surface area contributed by atoms with Crippen LogP contribution in [0.25, 0.3) is 0 Å². The van der Waals surface area contributed by atoms with Crippen LogP contribution in [0.15, 0.2) is 36.9 Å². The van der Waals surface area contributed by atoms with Crippen LogP contribution in [0.3, 0.4) is 0 Å². The standard InChI is InChI=1S/C17H26NO3/c1-6-11-18(4,5)12-13-21-15-9-7-14(8-10-15)16(19)17(2,3)20/h6-10,20H,1,11-13H2,2-5H3/q+1. The van der Waals surface area contributed by atoms with Crippen molar-refractivity contribution in [2.24, 2.45) is 0 Å². The van der Waals surface area contributed by atoms with Gasteiger partial charge in [-0.2, -0.15) is 0 Å². The topological polar surface area (TPSA) is 46.5 Å². The first-order valence-electron chi connectivity index (χ1n) is 7.09. The van der Waals surface area contributed by atoms with E-state index in [1.165, 1.54) is 13.8 Å². The Balaban J connectivity index is 2.56. The van der Waals surface area contributed by atoms with Crippen molar-refractivity contribution in [3.63, 3.8) is 0 Å². The summed E-state index contributed by atoms with van der Waals surface area (Å²) in [7, 11) is 4.24. The largest absolute Gasteiger partial charge is 0.488 e. The first-order valence-corrected chi connectivity index (χ1v) is 7.09. The highest BCUT2D eigenvalue weighted by atomic mass is 16.5. The highest BCUT2D eigenvalue weighted by Crippen LogP contribution is 2.17. The highest BCUT2D eigenvalue weighted by molar-refractivity contribution is 6.01.